The zero-order valence-electron chi connectivity index (χ0n) is 8.94. The smallest absolute Gasteiger partial charge is 0.123 e. The second-order valence-corrected chi connectivity index (χ2v) is 4.48. The number of anilines is 1. The van der Waals surface area contributed by atoms with Gasteiger partial charge in [0.05, 0.1) is 0 Å². The van der Waals surface area contributed by atoms with E-state index < -0.39 is 0 Å². The molecule has 0 aromatic heterocycles. The molecule has 0 saturated carbocycles. The molecule has 3 rings (SSSR count). The van der Waals surface area contributed by atoms with E-state index in [1.54, 1.807) is 0 Å². The van der Waals surface area contributed by atoms with Crippen LogP contribution < -0.4 is 10.5 Å². The van der Waals surface area contributed by atoms with E-state index in [4.69, 9.17) is 15.9 Å². The maximum atomic E-state index is 7.64. The molecule has 3 N–H and O–H groups in total. The van der Waals surface area contributed by atoms with Crippen LogP contribution in [0.1, 0.15) is 12.0 Å². The molecule has 1 aromatic carbocycles. The standard InChI is InChI=1S/C13H14N2O/c14-10-3-4-12-9(6-10)5-8-1-2-11(15)7-13(8)16-12/h1-4,6,8,13,15H,5,7,14H2. The normalized spacial score (nSPS) is 26.9. The van der Waals surface area contributed by atoms with Crippen molar-refractivity contribution in [1.82, 2.24) is 0 Å². The third-order valence-electron chi connectivity index (χ3n) is 3.26. The lowest BCUT2D eigenvalue weighted by Gasteiger charge is -2.34. The molecule has 3 nitrogen and oxygen atoms in total. The predicted octanol–water partition coefficient (Wildman–Crippen LogP) is 2.17. The molecule has 2 aliphatic rings. The highest BCUT2D eigenvalue weighted by atomic mass is 16.5. The Morgan fingerprint density at radius 3 is 3.06 bits per heavy atom. The lowest BCUT2D eigenvalue weighted by atomic mass is 9.84. The van der Waals surface area contributed by atoms with Crippen LogP contribution in [-0.2, 0) is 6.42 Å². The third-order valence-corrected chi connectivity index (χ3v) is 3.26. The molecule has 2 atom stereocenters. The maximum Gasteiger partial charge on any atom is 0.123 e. The monoisotopic (exact) mass is 214 g/mol. The molecule has 2 unspecified atom stereocenters. The van der Waals surface area contributed by atoms with Gasteiger partial charge in [-0.25, -0.2) is 0 Å². The first-order valence-corrected chi connectivity index (χ1v) is 5.53. The van der Waals surface area contributed by atoms with Crippen LogP contribution in [0.4, 0.5) is 5.69 Å². The van der Waals surface area contributed by atoms with Gasteiger partial charge in [0.15, 0.2) is 0 Å². The molecular weight excluding hydrogens is 200 g/mol. The number of ether oxygens (including phenoxy) is 1. The van der Waals surface area contributed by atoms with Gasteiger partial charge in [0.25, 0.3) is 0 Å². The summed E-state index contributed by atoms with van der Waals surface area (Å²) in [5, 5.41) is 7.64. The van der Waals surface area contributed by atoms with Gasteiger partial charge in [-0.3, -0.25) is 0 Å². The van der Waals surface area contributed by atoms with E-state index in [0.29, 0.717) is 18.1 Å². The average molecular weight is 214 g/mol. The van der Waals surface area contributed by atoms with Crippen molar-refractivity contribution in [1.29, 1.82) is 5.41 Å². The first-order chi connectivity index (χ1) is 7.72. The zero-order valence-corrected chi connectivity index (χ0v) is 8.94. The highest BCUT2D eigenvalue weighted by molar-refractivity contribution is 5.93. The first-order valence-electron chi connectivity index (χ1n) is 5.53. The number of fused-ring (bicyclic) bond motifs is 2. The minimum atomic E-state index is 0.133. The van der Waals surface area contributed by atoms with E-state index >= 15 is 0 Å². The van der Waals surface area contributed by atoms with E-state index in [2.05, 4.69) is 6.08 Å². The van der Waals surface area contributed by atoms with E-state index in [1.165, 1.54) is 5.56 Å². The van der Waals surface area contributed by atoms with Crippen molar-refractivity contribution in [3.63, 3.8) is 0 Å². The maximum absolute atomic E-state index is 7.64. The van der Waals surface area contributed by atoms with Crippen molar-refractivity contribution in [3.8, 4) is 5.75 Å². The molecule has 1 aliphatic carbocycles. The van der Waals surface area contributed by atoms with Gasteiger partial charge in [-0.15, -0.1) is 0 Å². The number of rotatable bonds is 0. The summed E-state index contributed by atoms with van der Waals surface area (Å²) in [4.78, 5) is 0. The van der Waals surface area contributed by atoms with Gasteiger partial charge >= 0.3 is 0 Å². The van der Waals surface area contributed by atoms with Gasteiger partial charge in [-0.1, -0.05) is 6.08 Å². The van der Waals surface area contributed by atoms with Crippen LogP contribution in [0.5, 0.6) is 5.75 Å². The van der Waals surface area contributed by atoms with Gasteiger partial charge < -0.3 is 15.9 Å². The number of nitrogens with two attached hydrogens (primary N) is 1. The molecule has 82 valence electrons. The second-order valence-electron chi connectivity index (χ2n) is 4.48. The number of hydrogen-bond donors (Lipinski definition) is 2. The molecule has 16 heavy (non-hydrogen) atoms. The highest BCUT2D eigenvalue weighted by Crippen LogP contribution is 2.35. The van der Waals surface area contributed by atoms with Gasteiger partial charge in [0.2, 0.25) is 0 Å². The van der Waals surface area contributed by atoms with Gasteiger partial charge in [-0.2, -0.15) is 0 Å². The Labute approximate surface area is 94.4 Å². The number of benzene rings is 1. The molecule has 0 amide bonds. The second kappa shape index (κ2) is 3.37. The Morgan fingerprint density at radius 2 is 2.19 bits per heavy atom. The molecule has 0 spiro atoms. The van der Waals surface area contributed by atoms with Gasteiger partial charge in [0.1, 0.15) is 11.9 Å². The number of nitrogens with one attached hydrogen (secondary N) is 1. The summed E-state index contributed by atoms with van der Waals surface area (Å²) in [6.07, 6.45) is 5.79. The number of allylic oxidation sites excluding steroid dienone is 1. The molecule has 3 heteroatoms. The fourth-order valence-corrected chi connectivity index (χ4v) is 2.42. The Hall–Kier alpha value is -1.77. The largest absolute Gasteiger partial charge is 0.489 e. The molecule has 1 aromatic rings. The Kier molecular flexibility index (Phi) is 1.99. The SMILES string of the molecule is N=C1C=CC2Cc3cc(N)ccc3OC2C1. The van der Waals surface area contributed by atoms with E-state index in [9.17, 15) is 0 Å². The van der Waals surface area contributed by atoms with Gasteiger partial charge in [0, 0.05) is 23.7 Å². The predicted molar refractivity (Wildman–Crippen MR) is 63.9 cm³/mol. The van der Waals surface area contributed by atoms with Crippen LogP contribution >= 0.6 is 0 Å². The molecule has 1 aliphatic heterocycles. The molecule has 1 heterocycles. The van der Waals surface area contributed by atoms with Crippen LogP contribution in [0.2, 0.25) is 0 Å². The lowest BCUT2D eigenvalue weighted by molar-refractivity contribution is 0.141. The topological polar surface area (TPSA) is 59.1 Å². The van der Waals surface area contributed by atoms with Gasteiger partial charge in [-0.05, 0) is 36.3 Å². The summed E-state index contributed by atoms with van der Waals surface area (Å²) in [5.41, 5.74) is 8.38. The highest BCUT2D eigenvalue weighted by Gasteiger charge is 2.31. The number of hydrogen-bond acceptors (Lipinski definition) is 3. The van der Waals surface area contributed by atoms with Crippen LogP contribution in [0, 0.1) is 11.3 Å². The van der Waals surface area contributed by atoms with Crippen molar-refractivity contribution in [2.45, 2.75) is 18.9 Å². The van der Waals surface area contributed by atoms with Crippen LogP contribution in [0.25, 0.3) is 0 Å². The summed E-state index contributed by atoms with van der Waals surface area (Å²) in [7, 11) is 0. The quantitative estimate of drug-likeness (QED) is 0.650. The van der Waals surface area contributed by atoms with Crippen molar-refractivity contribution in [2.24, 2.45) is 5.92 Å². The first kappa shape index (κ1) is 9.46. The molecule has 0 saturated heterocycles. The van der Waals surface area contributed by atoms with Crippen molar-refractivity contribution >= 4 is 11.4 Å². The van der Waals surface area contributed by atoms with Crippen molar-refractivity contribution < 1.29 is 4.74 Å². The van der Waals surface area contributed by atoms with Crippen LogP contribution in [0.3, 0.4) is 0 Å². The fourth-order valence-electron chi connectivity index (χ4n) is 2.42. The summed E-state index contributed by atoms with van der Waals surface area (Å²) in [5.74, 6) is 1.32. The summed E-state index contributed by atoms with van der Waals surface area (Å²) >= 11 is 0. The minimum Gasteiger partial charge on any atom is -0.489 e. The Balaban J connectivity index is 1.96. The van der Waals surface area contributed by atoms with Crippen LogP contribution in [-0.4, -0.2) is 11.8 Å². The molecule has 0 bridgehead atoms. The van der Waals surface area contributed by atoms with E-state index in [1.807, 2.05) is 24.3 Å². The van der Waals surface area contributed by atoms with Crippen molar-refractivity contribution in [2.75, 3.05) is 5.73 Å². The van der Waals surface area contributed by atoms with Crippen LogP contribution in [0.15, 0.2) is 30.4 Å². The minimum absolute atomic E-state index is 0.133. The average Bonchev–Trinajstić information content (AvgIpc) is 2.26. The molecule has 0 fully saturated rings. The van der Waals surface area contributed by atoms with E-state index in [-0.39, 0.29) is 6.10 Å². The lowest BCUT2D eigenvalue weighted by Crippen LogP contribution is -2.35. The molecule has 0 radical (unpaired) electrons. The summed E-state index contributed by atoms with van der Waals surface area (Å²) in [6.45, 7) is 0. The summed E-state index contributed by atoms with van der Waals surface area (Å²) in [6, 6.07) is 5.78. The molecular formula is C13H14N2O. The Bertz CT molecular complexity index is 479. The third kappa shape index (κ3) is 1.48. The Morgan fingerprint density at radius 1 is 1.31 bits per heavy atom. The fraction of sp³-hybridized carbons (Fsp3) is 0.308. The zero-order chi connectivity index (χ0) is 11.1. The number of nitrogen functional groups attached to an aromatic ring is 1. The van der Waals surface area contributed by atoms with E-state index in [0.717, 1.165) is 17.9 Å². The van der Waals surface area contributed by atoms with Crippen molar-refractivity contribution in [3.05, 3.63) is 35.9 Å². The summed E-state index contributed by atoms with van der Waals surface area (Å²) < 4.78 is 5.91.